The van der Waals surface area contributed by atoms with Crippen LogP contribution in [-0.2, 0) is 20.1 Å². The monoisotopic (exact) mass is 385 g/mol. The molecule has 0 N–H and O–H groups in total. The predicted molar refractivity (Wildman–Crippen MR) is 85.0 cm³/mol. The summed E-state index contributed by atoms with van der Waals surface area (Å²) in [5, 5.41) is 4.42. The van der Waals surface area contributed by atoms with Crippen molar-refractivity contribution in [2.24, 2.45) is 7.05 Å². The second-order valence-corrected chi connectivity index (χ2v) is 6.38. The summed E-state index contributed by atoms with van der Waals surface area (Å²) in [6, 6.07) is 8.32. The van der Waals surface area contributed by atoms with Gasteiger partial charge in [0.1, 0.15) is 0 Å². The highest BCUT2D eigenvalue weighted by molar-refractivity contribution is 9.10. The first-order valence-corrected chi connectivity index (χ1v) is 7.67. The van der Waals surface area contributed by atoms with Gasteiger partial charge in [-0.2, -0.15) is 5.10 Å². The van der Waals surface area contributed by atoms with Gasteiger partial charge in [-0.25, -0.2) is 0 Å². The maximum Gasteiger partial charge on any atom is 0.0739 e. The van der Waals surface area contributed by atoms with Crippen LogP contribution < -0.4 is 0 Å². The Labute approximate surface area is 130 Å². The molecule has 0 atom stereocenters. The molecule has 0 saturated heterocycles. The molecule has 0 fully saturated rings. The molecule has 1 heterocycles. The van der Waals surface area contributed by atoms with E-state index < -0.39 is 0 Å². The van der Waals surface area contributed by atoms with Crippen molar-refractivity contribution < 1.29 is 0 Å². The quantitative estimate of drug-likeness (QED) is 0.794. The van der Waals surface area contributed by atoms with Crippen molar-refractivity contribution in [3.05, 3.63) is 50.2 Å². The summed E-state index contributed by atoms with van der Waals surface area (Å²) in [5.74, 6) is 0. The summed E-state index contributed by atoms with van der Waals surface area (Å²) in [6.45, 7) is 3.78. The highest BCUT2D eigenvalue weighted by Gasteiger charge is 2.13. The summed E-state index contributed by atoms with van der Waals surface area (Å²) in [4.78, 5) is 2.28. The van der Waals surface area contributed by atoms with Crippen LogP contribution in [0.4, 0.5) is 0 Å². The van der Waals surface area contributed by atoms with E-state index in [2.05, 4.69) is 67.1 Å². The molecule has 0 aliphatic carbocycles. The van der Waals surface area contributed by atoms with Gasteiger partial charge in [0.2, 0.25) is 0 Å². The zero-order chi connectivity index (χ0) is 14.0. The Kier molecular flexibility index (Phi) is 4.81. The molecule has 2 rings (SSSR count). The SMILES string of the molecule is Cc1nn(C)c(CN(C)Cc2ccccc2Br)c1Br. The van der Waals surface area contributed by atoms with E-state index in [9.17, 15) is 0 Å². The Bertz CT molecular complexity index is 578. The smallest absolute Gasteiger partial charge is 0.0739 e. The lowest BCUT2D eigenvalue weighted by atomic mass is 10.2. The first kappa shape index (κ1) is 14.8. The van der Waals surface area contributed by atoms with Gasteiger partial charge in [-0.05, 0) is 41.5 Å². The summed E-state index contributed by atoms with van der Waals surface area (Å²) in [6.07, 6.45) is 0. The predicted octanol–water partition coefficient (Wildman–Crippen LogP) is 3.89. The molecular formula is C14H17Br2N3. The molecule has 1 aromatic heterocycles. The van der Waals surface area contributed by atoms with Gasteiger partial charge in [0.25, 0.3) is 0 Å². The molecule has 0 spiro atoms. The van der Waals surface area contributed by atoms with Crippen LogP contribution in [0.25, 0.3) is 0 Å². The third-order valence-electron chi connectivity index (χ3n) is 3.08. The van der Waals surface area contributed by atoms with Crippen LogP contribution in [0.15, 0.2) is 33.2 Å². The topological polar surface area (TPSA) is 21.1 Å². The molecule has 0 saturated carbocycles. The van der Waals surface area contributed by atoms with E-state index in [0.717, 1.165) is 27.7 Å². The second-order valence-electron chi connectivity index (χ2n) is 4.73. The van der Waals surface area contributed by atoms with Crippen LogP contribution in [0.1, 0.15) is 17.0 Å². The molecule has 5 heteroatoms. The minimum absolute atomic E-state index is 0.860. The lowest BCUT2D eigenvalue weighted by molar-refractivity contribution is 0.308. The highest BCUT2D eigenvalue weighted by atomic mass is 79.9. The van der Waals surface area contributed by atoms with Crippen molar-refractivity contribution in [3.8, 4) is 0 Å². The lowest BCUT2D eigenvalue weighted by Gasteiger charge is -2.18. The maximum atomic E-state index is 4.42. The van der Waals surface area contributed by atoms with Crippen molar-refractivity contribution >= 4 is 31.9 Å². The number of benzene rings is 1. The second kappa shape index (κ2) is 6.20. The Balaban J connectivity index is 2.10. The van der Waals surface area contributed by atoms with E-state index in [0.29, 0.717) is 0 Å². The Morgan fingerprint density at radius 3 is 2.47 bits per heavy atom. The average molecular weight is 387 g/mol. The Morgan fingerprint density at radius 1 is 1.21 bits per heavy atom. The molecule has 0 aliphatic rings. The van der Waals surface area contributed by atoms with Crippen LogP contribution in [0.3, 0.4) is 0 Å². The van der Waals surface area contributed by atoms with Gasteiger partial charge in [0, 0.05) is 24.6 Å². The number of aryl methyl sites for hydroxylation is 2. The zero-order valence-electron chi connectivity index (χ0n) is 11.3. The minimum atomic E-state index is 0.860. The summed E-state index contributed by atoms with van der Waals surface area (Å²) in [5.41, 5.74) is 3.53. The van der Waals surface area contributed by atoms with Gasteiger partial charge in [0.15, 0.2) is 0 Å². The normalized spacial score (nSPS) is 11.3. The number of hydrogen-bond donors (Lipinski definition) is 0. The van der Waals surface area contributed by atoms with Gasteiger partial charge in [-0.3, -0.25) is 9.58 Å². The molecule has 0 amide bonds. The molecular weight excluding hydrogens is 370 g/mol. The zero-order valence-corrected chi connectivity index (χ0v) is 14.5. The van der Waals surface area contributed by atoms with Gasteiger partial charge in [-0.1, -0.05) is 34.1 Å². The molecule has 0 bridgehead atoms. The minimum Gasteiger partial charge on any atom is -0.296 e. The van der Waals surface area contributed by atoms with Crippen LogP contribution in [-0.4, -0.2) is 21.7 Å². The standard InChI is InChI=1S/C14H17Br2N3/c1-10-14(16)13(19(3)17-10)9-18(2)8-11-6-4-5-7-12(11)15/h4-7H,8-9H2,1-3H3. The van der Waals surface area contributed by atoms with Crippen molar-refractivity contribution in [2.45, 2.75) is 20.0 Å². The van der Waals surface area contributed by atoms with Gasteiger partial charge in [0.05, 0.1) is 15.9 Å². The van der Waals surface area contributed by atoms with Crippen LogP contribution in [0.5, 0.6) is 0 Å². The van der Waals surface area contributed by atoms with Crippen LogP contribution in [0, 0.1) is 6.92 Å². The lowest BCUT2D eigenvalue weighted by Crippen LogP contribution is -2.19. The third kappa shape index (κ3) is 3.46. The average Bonchev–Trinajstić information content (AvgIpc) is 2.59. The molecule has 0 unspecified atom stereocenters. The summed E-state index contributed by atoms with van der Waals surface area (Å²) < 4.78 is 4.20. The Hall–Kier alpha value is -0.650. The highest BCUT2D eigenvalue weighted by Crippen LogP contribution is 2.23. The maximum absolute atomic E-state index is 4.42. The van der Waals surface area contributed by atoms with Crippen molar-refractivity contribution in [3.63, 3.8) is 0 Å². The number of nitrogens with zero attached hydrogens (tertiary/aromatic N) is 3. The van der Waals surface area contributed by atoms with Gasteiger partial charge in [-0.15, -0.1) is 0 Å². The summed E-state index contributed by atoms with van der Waals surface area (Å²) >= 11 is 7.20. The molecule has 19 heavy (non-hydrogen) atoms. The first-order chi connectivity index (χ1) is 8.99. The van der Waals surface area contributed by atoms with E-state index in [1.165, 1.54) is 11.3 Å². The van der Waals surface area contributed by atoms with Crippen molar-refractivity contribution in [2.75, 3.05) is 7.05 Å². The van der Waals surface area contributed by atoms with Crippen LogP contribution >= 0.6 is 31.9 Å². The number of rotatable bonds is 4. The number of hydrogen-bond acceptors (Lipinski definition) is 2. The van der Waals surface area contributed by atoms with E-state index in [1.54, 1.807) is 0 Å². The van der Waals surface area contributed by atoms with E-state index in [4.69, 9.17) is 0 Å². The Morgan fingerprint density at radius 2 is 1.89 bits per heavy atom. The molecule has 0 radical (unpaired) electrons. The number of halogens is 2. The fraction of sp³-hybridized carbons (Fsp3) is 0.357. The van der Waals surface area contributed by atoms with Crippen molar-refractivity contribution in [1.82, 2.24) is 14.7 Å². The first-order valence-electron chi connectivity index (χ1n) is 6.09. The molecule has 102 valence electrons. The fourth-order valence-corrected chi connectivity index (χ4v) is 2.95. The van der Waals surface area contributed by atoms with E-state index in [1.807, 2.05) is 24.7 Å². The van der Waals surface area contributed by atoms with Crippen molar-refractivity contribution in [1.29, 1.82) is 0 Å². The fourth-order valence-electron chi connectivity index (χ4n) is 2.08. The summed E-state index contributed by atoms with van der Waals surface area (Å²) in [7, 11) is 4.10. The largest absolute Gasteiger partial charge is 0.296 e. The molecule has 1 aromatic carbocycles. The number of aromatic nitrogens is 2. The van der Waals surface area contributed by atoms with Gasteiger partial charge < -0.3 is 0 Å². The van der Waals surface area contributed by atoms with Crippen LogP contribution in [0.2, 0.25) is 0 Å². The molecule has 3 nitrogen and oxygen atoms in total. The molecule has 2 aromatic rings. The molecule has 0 aliphatic heterocycles. The third-order valence-corrected chi connectivity index (χ3v) is 4.88. The van der Waals surface area contributed by atoms with E-state index >= 15 is 0 Å². The van der Waals surface area contributed by atoms with E-state index in [-0.39, 0.29) is 0 Å². The van der Waals surface area contributed by atoms with Gasteiger partial charge >= 0.3 is 0 Å².